The van der Waals surface area contributed by atoms with Gasteiger partial charge in [0.2, 0.25) is 10.0 Å². The van der Waals surface area contributed by atoms with Crippen LogP contribution in [0.25, 0.3) is 10.2 Å². The summed E-state index contributed by atoms with van der Waals surface area (Å²) in [7, 11) is 1.08. The van der Waals surface area contributed by atoms with Gasteiger partial charge in [0.05, 0.1) is 29.3 Å². The van der Waals surface area contributed by atoms with Crippen LogP contribution in [0.1, 0.15) is 30.1 Å². The Bertz CT molecular complexity index is 1130. The van der Waals surface area contributed by atoms with Gasteiger partial charge in [-0.3, -0.25) is 10.1 Å². The Hall–Kier alpha value is -2.69. The molecule has 1 amide bonds. The molecule has 0 saturated carbocycles. The highest BCUT2D eigenvalue weighted by Gasteiger charge is 2.21. The maximum atomic E-state index is 12.6. The number of ether oxygens (including phenoxy) is 2. The van der Waals surface area contributed by atoms with E-state index in [2.05, 4.69) is 10.3 Å². The van der Waals surface area contributed by atoms with E-state index in [4.69, 9.17) is 9.47 Å². The fourth-order valence-electron chi connectivity index (χ4n) is 2.94. The van der Waals surface area contributed by atoms with Gasteiger partial charge in [-0.05, 0) is 30.7 Å². The van der Waals surface area contributed by atoms with Crippen LogP contribution in [0.5, 0.6) is 11.5 Å². The first-order valence-electron chi connectivity index (χ1n) is 9.70. The number of amides is 1. The number of unbranched alkanes of at least 4 members (excludes halogenated alkanes) is 1. The zero-order valence-corrected chi connectivity index (χ0v) is 19.5. The zero-order valence-electron chi connectivity index (χ0n) is 17.8. The zero-order chi connectivity index (χ0) is 22.6. The van der Waals surface area contributed by atoms with Crippen LogP contribution in [-0.4, -0.2) is 51.4 Å². The Morgan fingerprint density at radius 2 is 1.77 bits per heavy atom. The number of thiazole rings is 1. The van der Waals surface area contributed by atoms with Crippen LogP contribution < -0.4 is 14.8 Å². The van der Waals surface area contributed by atoms with E-state index in [0.29, 0.717) is 34.3 Å². The second kappa shape index (κ2) is 9.63. The van der Waals surface area contributed by atoms with Crippen molar-refractivity contribution in [2.75, 3.05) is 33.1 Å². The normalized spacial score (nSPS) is 11.6. The maximum absolute atomic E-state index is 12.6. The molecule has 0 aliphatic carbocycles. The third kappa shape index (κ3) is 4.97. The summed E-state index contributed by atoms with van der Waals surface area (Å²) in [6.07, 6.45) is 1.69. The standard InChI is InChI=1S/C21H25N3O5S2/c1-5-6-11-24(2)31(26,27)15-9-7-14(8-10-15)20(25)23-21-22-16-12-17(28-3)18(29-4)13-19(16)30-21/h7-10,12-13H,5-6,11H2,1-4H3,(H,22,23,25). The molecule has 1 N–H and O–H groups in total. The minimum absolute atomic E-state index is 0.154. The second-order valence-electron chi connectivity index (χ2n) is 6.85. The summed E-state index contributed by atoms with van der Waals surface area (Å²) in [6, 6.07) is 9.43. The highest BCUT2D eigenvalue weighted by molar-refractivity contribution is 7.89. The van der Waals surface area contributed by atoms with Gasteiger partial charge in [-0.1, -0.05) is 24.7 Å². The summed E-state index contributed by atoms with van der Waals surface area (Å²) < 4.78 is 38.0. The second-order valence-corrected chi connectivity index (χ2v) is 9.93. The smallest absolute Gasteiger partial charge is 0.257 e. The van der Waals surface area contributed by atoms with E-state index in [1.165, 1.54) is 39.9 Å². The highest BCUT2D eigenvalue weighted by Crippen LogP contribution is 2.36. The third-order valence-electron chi connectivity index (χ3n) is 4.77. The van der Waals surface area contributed by atoms with E-state index in [1.54, 1.807) is 33.4 Å². The monoisotopic (exact) mass is 463 g/mol. The quantitative estimate of drug-likeness (QED) is 0.515. The molecule has 10 heteroatoms. The molecular formula is C21H25N3O5S2. The summed E-state index contributed by atoms with van der Waals surface area (Å²) >= 11 is 1.31. The van der Waals surface area contributed by atoms with Crippen molar-refractivity contribution in [1.82, 2.24) is 9.29 Å². The number of carbonyl (C=O) groups is 1. The summed E-state index contributed by atoms with van der Waals surface area (Å²) in [4.78, 5) is 17.2. The topological polar surface area (TPSA) is 97.8 Å². The largest absolute Gasteiger partial charge is 0.493 e. The number of aromatic nitrogens is 1. The molecule has 0 fully saturated rings. The van der Waals surface area contributed by atoms with Crippen LogP contribution in [0, 0.1) is 0 Å². The molecule has 0 saturated heterocycles. The maximum Gasteiger partial charge on any atom is 0.257 e. The molecule has 1 heterocycles. The van der Waals surface area contributed by atoms with Crippen LogP contribution >= 0.6 is 11.3 Å². The van der Waals surface area contributed by atoms with Gasteiger partial charge in [-0.25, -0.2) is 17.7 Å². The minimum atomic E-state index is -3.58. The van der Waals surface area contributed by atoms with E-state index in [9.17, 15) is 13.2 Å². The first kappa shape index (κ1) is 23.0. The molecule has 3 aromatic rings. The lowest BCUT2D eigenvalue weighted by Gasteiger charge is -2.16. The van der Waals surface area contributed by atoms with Crippen molar-refractivity contribution in [3.63, 3.8) is 0 Å². The van der Waals surface area contributed by atoms with Crippen LogP contribution in [0.2, 0.25) is 0 Å². The predicted octanol–water partition coefficient (Wildman–Crippen LogP) is 3.99. The van der Waals surface area contributed by atoms with Crippen molar-refractivity contribution in [2.45, 2.75) is 24.7 Å². The third-order valence-corrected chi connectivity index (χ3v) is 7.57. The number of carbonyl (C=O) groups excluding carboxylic acids is 1. The molecule has 1 aromatic heterocycles. The number of anilines is 1. The van der Waals surface area contributed by atoms with E-state index in [-0.39, 0.29) is 10.8 Å². The van der Waals surface area contributed by atoms with Crippen molar-refractivity contribution < 1.29 is 22.7 Å². The molecular weight excluding hydrogens is 438 g/mol. The molecule has 0 spiro atoms. The number of hydrogen-bond acceptors (Lipinski definition) is 7. The Kier molecular flexibility index (Phi) is 7.14. The summed E-state index contributed by atoms with van der Waals surface area (Å²) in [5.74, 6) is 0.761. The van der Waals surface area contributed by atoms with Gasteiger partial charge in [0.25, 0.3) is 5.91 Å². The summed E-state index contributed by atoms with van der Waals surface area (Å²) in [5.41, 5.74) is 1.01. The lowest BCUT2D eigenvalue weighted by Crippen LogP contribution is -2.28. The van der Waals surface area contributed by atoms with E-state index < -0.39 is 10.0 Å². The average molecular weight is 464 g/mol. The van der Waals surface area contributed by atoms with Gasteiger partial charge in [-0.15, -0.1) is 0 Å². The van der Waals surface area contributed by atoms with E-state index in [0.717, 1.165) is 17.5 Å². The van der Waals surface area contributed by atoms with Crippen LogP contribution in [0.15, 0.2) is 41.3 Å². The van der Waals surface area contributed by atoms with E-state index in [1.807, 2.05) is 6.92 Å². The highest BCUT2D eigenvalue weighted by atomic mass is 32.2. The van der Waals surface area contributed by atoms with Crippen molar-refractivity contribution in [2.24, 2.45) is 0 Å². The Labute approximate surface area is 185 Å². The molecule has 0 aliphatic heterocycles. The Balaban J connectivity index is 1.76. The molecule has 2 aromatic carbocycles. The number of benzene rings is 2. The number of fused-ring (bicyclic) bond motifs is 1. The molecule has 8 nitrogen and oxygen atoms in total. The first-order chi connectivity index (χ1) is 14.8. The number of nitrogens with zero attached hydrogens (tertiary/aromatic N) is 2. The van der Waals surface area contributed by atoms with Gasteiger partial charge in [0, 0.05) is 31.3 Å². The van der Waals surface area contributed by atoms with Gasteiger partial charge in [0.1, 0.15) is 0 Å². The fourth-order valence-corrected chi connectivity index (χ4v) is 5.02. The van der Waals surface area contributed by atoms with Crippen LogP contribution in [0.4, 0.5) is 5.13 Å². The molecule has 0 unspecified atom stereocenters. The van der Waals surface area contributed by atoms with E-state index >= 15 is 0 Å². The Morgan fingerprint density at radius 1 is 1.13 bits per heavy atom. The minimum Gasteiger partial charge on any atom is -0.493 e. The van der Waals surface area contributed by atoms with Crippen molar-refractivity contribution in [3.05, 3.63) is 42.0 Å². The molecule has 0 aliphatic rings. The number of sulfonamides is 1. The number of hydrogen-bond donors (Lipinski definition) is 1. The molecule has 166 valence electrons. The molecule has 0 bridgehead atoms. The number of rotatable bonds is 9. The predicted molar refractivity (Wildman–Crippen MR) is 122 cm³/mol. The van der Waals surface area contributed by atoms with Gasteiger partial charge in [-0.2, -0.15) is 0 Å². The molecule has 0 radical (unpaired) electrons. The fraction of sp³-hybridized carbons (Fsp3) is 0.333. The lowest BCUT2D eigenvalue weighted by molar-refractivity contribution is 0.102. The number of methoxy groups -OCH3 is 2. The van der Waals surface area contributed by atoms with Crippen LogP contribution in [0.3, 0.4) is 0 Å². The first-order valence-corrected chi connectivity index (χ1v) is 12.0. The van der Waals surface area contributed by atoms with Gasteiger partial charge in [0.15, 0.2) is 16.6 Å². The van der Waals surface area contributed by atoms with Crippen molar-refractivity contribution in [1.29, 1.82) is 0 Å². The molecule has 31 heavy (non-hydrogen) atoms. The molecule has 3 rings (SSSR count). The number of nitrogens with one attached hydrogen (secondary N) is 1. The average Bonchev–Trinajstić information content (AvgIpc) is 3.17. The van der Waals surface area contributed by atoms with Crippen LogP contribution in [-0.2, 0) is 10.0 Å². The Morgan fingerprint density at radius 3 is 2.39 bits per heavy atom. The SMILES string of the molecule is CCCCN(C)S(=O)(=O)c1ccc(C(=O)Nc2nc3cc(OC)c(OC)cc3s2)cc1. The van der Waals surface area contributed by atoms with Crippen molar-refractivity contribution >= 4 is 42.6 Å². The molecule has 0 atom stereocenters. The van der Waals surface area contributed by atoms with Gasteiger partial charge < -0.3 is 9.47 Å². The van der Waals surface area contributed by atoms with Crippen molar-refractivity contribution in [3.8, 4) is 11.5 Å². The lowest BCUT2D eigenvalue weighted by atomic mass is 10.2. The summed E-state index contributed by atoms with van der Waals surface area (Å²) in [5, 5.41) is 3.18. The summed E-state index contributed by atoms with van der Waals surface area (Å²) in [6.45, 7) is 2.46. The van der Waals surface area contributed by atoms with Gasteiger partial charge >= 0.3 is 0 Å².